The second kappa shape index (κ2) is 10.9. The van der Waals surface area contributed by atoms with Gasteiger partial charge in [0, 0.05) is 1.43 Å². The normalized spacial score (nSPS) is 42.1. The molecule has 0 radical (unpaired) electrons. The molecule has 2 nitrogen and oxygen atoms in total. The summed E-state index contributed by atoms with van der Waals surface area (Å²) in [6.07, 6.45) is 17.1. The number of hydrogen-bond acceptors (Lipinski definition) is 0. The van der Waals surface area contributed by atoms with Crippen LogP contribution in [0.1, 0.15) is 98.7 Å². The minimum absolute atomic E-state index is 0. The molecule has 4 N–H and O–H groups in total. The zero-order valence-electron chi connectivity index (χ0n) is 16.6. The van der Waals surface area contributed by atoms with E-state index in [0.29, 0.717) is 17.8 Å². The summed E-state index contributed by atoms with van der Waals surface area (Å²) in [5, 5.41) is 0. The van der Waals surface area contributed by atoms with E-state index in [1.54, 1.807) is 0 Å². The Bertz CT molecular complexity index is 352. The first kappa shape index (κ1) is 22.9. The smallest absolute Gasteiger partial charge is 0.103 e. The maximum Gasteiger partial charge on any atom is 0.103 e. The molecule has 0 aliphatic heterocycles. The van der Waals surface area contributed by atoms with Gasteiger partial charge in [0.05, 0.1) is 0 Å². The van der Waals surface area contributed by atoms with E-state index in [-0.39, 0.29) is 12.4 Å². The number of hydrogen-bond donors (Lipinski definition) is 0. The lowest BCUT2D eigenvalue weighted by Gasteiger charge is -2.39. The molecule has 0 spiro atoms. The van der Waals surface area contributed by atoms with E-state index in [9.17, 15) is 4.39 Å². The summed E-state index contributed by atoms with van der Waals surface area (Å²) < 4.78 is 14.4. The molecule has 3 heteroatoms. The fourth-order valence-electron chi connectivity index (χ4n) is 5.86. The first-order valence-corrected chi connectivity index (χ1v) is 10.8. The Hall–Kier alpha value is -0.150. The molecule has 0 aromatic carbocycles. The third-order valence-corrected chi connectivity index (χ3v) is 7.70. The van der Waals surface area contributed by atoms with Gasteiger partial charge in [0.2, 0.25) is 0 Å². The monoisotopic (exact) mass is 360 g/mol. The van der Waals surface area contributed by atoms with Crippen LogP contribution in [0.3, 0.4) is 0 Å². The van der Waals surface area contributed by atoms with Crippen molar-refractivity contribution in [3.05, 3.63) is 0 Å². The summed E-state index contributed by atoms with van der Waals surface area (Å²) in [4.78, 5) is 0. The standard InChI is InChI=1S/C22H39F.2H2O.H2/c1-16-3-6-18(7-4-16)8-9-19-10-12-20(13-11-19)21-14-5-17(2)15-22(21)23;;;/h16-22H,3-15H2,1-2H3;2*1H2;1H. The average molecular weight is 361 g/mol. The third kappa shape index (κ3) is 6.50. The molecule has 3 rings (SSSR count). The highest BCUT2D eigenvalue weighted by Crippen LogP contribution is 2.44. The Morgan fingerprint density at radius 3 is 1.68 bits per heavy atom. The summed E-state index contributed by atoms with van der Waals surface area (Å²) in [5.74, 6) is 4.71. The van der Waals surface area contributed by atoms with Crippen molar-refractivity contribution in [2.24, 2.45) is 35.5 Å². The second-order valence-electron chi connectivity index (χ2n) is 9.58. The van der Waals surface area contributed by atoms with Gasteiger partial charge in [-0.1, -0.05) is 71.6 Å². The largest absolute Gasteiger partial charge is 0.412 e. The highest BCUT2D eigenvalue weighted by Gasteiger charge is 2.36. The Morgan fingerprint density at radius 2 is 1.16 bits per heavy atom. The van der Waals surface area contributed by atoms with Crippen molar-refractivity contribution in [1.82, 2.24) is 0 Å². The van der Waals surface area contributed by atoms with E-state index in [0.717, 1.165) is 30.6 Å². The summed E-state index contributed by atoms with van der Waals surface area (Å²) >= 11 is 0. The summed E-state index contributed by atoms with van der Waals surface area (Å²) in [6, 6.07) is 0. The molecule has 3 fully saturated rings. The first-order chi connectivity index (χ1) is 11.1. The number of halogens is 1. The molecule has 152 valence electrons. The van der Waals surface area contributed by atoms with Crippen molar-refractivity contribution >= 4 is 0 Å². The van der Waals surface area contributed by atoms with E-state index in [1.807, 2.05) is 0 Å². The summed E-state index contributed by atoms with van der Waals surface area (Å²) in [6.45, 7) is 4.65. The third-order valence-electron chi connectivity index (χ3n) is 7.70. The minimum Gasteiger partial charge on any atom is -0.412 e. The van der Waals surface area contributed by atoms with E-state index in [4.69, 9.17) is 0 Å². The van der Waals surface area contributed by atoms with Crippen LogP contribution in [0, 0.1) is 35.5 Å². The van der Waals surface area contributed by atoms with Crippen molar-refractivity contribution < 1.29 is 16.8 Å². The van der Waals surface area contributed by atoms with Gasteiger partial charge in [-0.25, -0.2) is 4.39 Å². The molecule has 0 aromatic heterocycles. The molecule has 3 unspecified atom stereocenters. The first-order valence-electron chi connectivity index (χ1n) is 10.8. The molecule has 0 heterocycles. The van der Waals surface area contributed by atoms with Gasteiger partial charge in [0.1, 0.15) is 6.17 Å². The van der Waals surface area contributed by atoms with Crippen LogP contribution in [0.5, 0.6) is 0 Å². The zero-order valence-corrected chi connectivity index (χ0v) is 16.6. The fourth-order valence-corrected chi connectivity index (χ4v) is 5.86. The molecule has 0 bridgehead atoms. The molecule has 3 atom stereocenters. The van der Waals surface area contributed by atoms with E-state index in [1.165, 1.54) is 70.6 Å². The van der Waals surface area contributed by atoms with Crippen LogP contribution < -0.4 is 0 Å². The van der Waals surface area contributed by atoms with Crippen molar-refractivity contribution in [1.29, 1.82) is 0 Å². The predicted molar refractivity (Wildman–Crippen MR) is 107 cm³/mol. The molecular formula is C22H45FO2. The van der Waals surface area contributed by atoms with Gasteiger partial charge in [-0.2, -0.15) is 0 Å². The van der Waals surface area contributed by atoms with Crippen LogP contribution >= 0.6 is 0 Å². The van der Waals surface area contributed by atoms with Gasteiger partial charge in [-0.15, -0.1) is 0 Å². The lowest BCUT2D eigenvalue weighted by molar-refractivity contribution is 0.0610. The van der Waals surface area contributed by atoms with Gasteiger partial charge >= 0.3 is 0 Å². The fraction of sp³-hybridized carbons (Fsp3) is 1.00. The number of alkyl halides is 1. The van der Waals surface area contributed by atoms with Gasteiger partial charge in [-0.3, -0.25) is 0 Å². The molecule has 25 heavy (non-hydrogen) atoms. The number of rotatable bonds is 4. The molecular weight excluding hydrogens is 315 g/mol. The van der Waals surface area contributed by atoms with Gasteiger partial charge in [0.25, 0.3) is 0 Å². The Balaban J connectivity index is 0.00000208. The minimum atomic E-state index is -0.496. The second-order valence-corrected chi connectivity index (χ2v) is 9.58. The maximum absolute atomic E-state index is 14.4. The molecule has 3 aliphatic rings. The molecule has 3 saturated carbocycles. The zero-order chi connectivity index (χ0) is 16.2. The van der Waals surface area contributed by atoms with Crippen LogP contribution in [0.15, 0.2) is 0 Å². The molecule has 0 saturated heterocycles. The summed E-state index contributed by atoms with van der Waals surface area (Å²) in [7, 11) is 0. The van der Waals surface area contributed by atoms with Crippen molar-refractivity contribution in [3.8, 4) is 0 Å². The van der Waals surface area contributed by atoms with Crippen molar-refractivity contribution in [3.63, 3.8) is 0 Å². The molecule has 0 amide bonds. The van der Waals surface area contributed by atoms with Crippen LogP contribution in [-0.2, 0) is 0 Å². The van der Waals surface area contributed by atoms with Gasteiger partial charge in [0.15, 0.2) is 0 Å². The van der Waals surface area contributed by atoms with Crippen molar-refractivity contribution in [2.75, 3.05) is 0 Å². The topological polar surface area (TPSA) is 63.0 Å². The lowest BCUT2D eigenvalue weighted by Crippen LogP contribution is -2.33. The van der Waals surface area contributed by atoms with E-state index >= 15 is 0 Å². The average Bonchev–Trinajstić information content (AvgIpc) is 2.55. The molecule has 0 aromatic rings. The van der Waals surface area contributed by atoms with E-state index < -0.39 is 6.17 Å². The summed E-state index contributed by atoms with van der Waals surface area (Å²) in [5.41, 5.74) is 0. The van der Waals surface area contributed by atoms with Crippen molar-refractivity contribution in [2.45, 2.75) is 103 Å². The lowest BCUT2D eigenvalue weighted by atomic mass is 9.68. The van der Waals surface area contributed by atoms with Crippen LogP contribution in [0.4, 0.5) is 4.39 Å². The van der Waals surface area contributed by atoms with Gasteiger partial charge < -0.3 is 11.0 Å². The Morgan fingerprint density at radius 1 is 0.680 bits per heavy atom. The molecule has 3 aliphatic carbocycles. The Kier molecular flexibility index (Phi) is 9.95. The van der Waals surface area contributed by atoms with Crippen LogP contribution in [0.2, 0.25) is 0 Å². The van der Waals surface area contributed by atoms with Gasteiger partial charge in [-0.05, 0) is 61.2 Å². The highest BCUT2D eigenvalue weighted by molar-refractivity contribution is 4.86. The van der Waals surface area contributed by atoms with Crippen LogP contribution in [-0.4, -0.2) is 17.1 Å². The SMILES string of the molecule is CC1CCC(CCC2CCC(C3CCC(C)CC3F)CC2)CC1.O.O.[HH]. The highest BCUT2D eigenvalue weighted by atomic mass is 19.1. The van der Waals surface area contributed by atoms with Crippen LogP contribution in [0.25, 0.3) is 0 Å². The van der Waals surface area contributed by atoms with E-state index in [2.05, 4.69) is 13.8 Å². The quantitative estimate of drug-likeness (QED) is 0.611. The maximum atomic E-state index is 14.4. The predicted octanol–water partition coefficient (Wildman–Crippen LogP) is 5.77. The Labute approximate surface area is 156 Å².